The lowest BCUT2D eigenvalue weighted by atomic mass is 10.1. The van der Waals surface area contributed by atoms with Crippen molar-refractivity contribution in [1.82, 2.24) is 0 Å². The quantitative estimate of drug-likeness (QED) is 0.769. The normalized spacial score (nSPS) is 11.6. The molecule has 1 atom stereocenters. The number of hydrogen-bond acceptors (Lipinski definition) is 4. The molecule has 0 spiro atoms. The van der Waals surface area contributed by atoms with Crippen LogP contribution in [0, 0.1) is 0 Å². The SMILES string of the molecule is COC(=O)Cc1cccc(NS(=O)C(N)=O)c1. The summed E-state index contributed by atoms with van der Waals surface area (Å²) in [6.07, 6.45) is 0.106. The van der Waals surface area contributed by atoms with E-state index in [4.69, 9.17) is 5.73 Å². The van der Waals surface area contributed by atoms with Gasteiger partial charge in [0.1, 0.15) is 0 Å². The second-order valence-corrected chi connectivity index (χ2v) is 4.29. The summed E-state index contributed by atoms with van der Waals surface area (Å²) in [4.78, 5) is 21.6. The number of carbonyl (C=O) groups is 2. The Morgan fingerprint density at radius 3 is 2.76 bits per heavy atom. The number of methoxy groups -OCH3 is 1. The average molecular weight is 256 g/mol. The van der Waals surface area contributed by atoms with Gasteiger partial charge < -0.3 is 10.5 Å². The van der Waals surface area contributed by atoms with Crippen LogP contribution in [0.3, 0.4) is 0 Å². The Labute approximate surface area is 101 Å². The molecular formula is C10H12N2O4S. The van der Waals surface area contributed by atoms with Crippen LogP contribution in [0.5, 0.6) is 0 Å². The molecule has 1 rings (SSSR count). The zero-order valence-electron chi connectivity index (χ0n) is 9.14. The summed E-state index contributed by atoms with van der Waals surface area (Å²) in [7, 11) is -0.675. The van der Waals surface area contributed by atoms with Gasteiger partial charge in [-0.3, -0.25) is 14.3 Å². The zero-order chi connectivity index (χ0) is 12.8. The minimum Gasteiger partial charge on any atom is -0.469 e. The lowest BCUT2D eigenvalue weighted by Crippen LogP contribution is -2.21. The highest BCUT2D eigenvalue weighted by molar-refractivity contribution is 8.01. The highest BCUT2D eigenvalue weighted by Gasteiger charge is 2.08. The summed E-state index contributed by atoms with van der Waals surface area (Å²) in [5.41, 5.74) is 5.98. The molecule has 0 aliphatic rings. The Morgan fingerprint density at radius 2 is 2.18 bits per heavy atom. The van der Waals surface area contributed by atoms with Crippen LogP contribution in [0.4, 0.5) is 10.5 Å². The van der Waals surface area contributed by atoms with Crippen LogP contribution in [-0.2, 0) is 26.9 Å². The molecule has 0 aliphatic carbocycles. The van der Waals surface area contributed by atoms with E-state index < -0.39 is 16.2 Å². The average Bonchev–Trinajstić information content (AvgIpc) is 2.29. The Morgan fingerprint density at radius 1 is 1.47 bits per heavy atom. The van der Waals surface area contributed by atoms with Gasteiger partial charge in [-0.2, -0.15) is 0 Å². The Balaban J connectivity index is 2.75. The van der Waals surface area contributed by atoms with Crippen molar-refractivity contribution in [1.29, 1.82) is 0 Å². The third kappa shape index (κ3) is 4.23. The van der Waals surface area contributed by atoms with Crippen molar-refractivity contribution < 1.29 is 18.5 Å². The van der Waals surface area contributed by atoms with Gasteiger partial charge in [-0.15, -0.1) is 0 Å². The molecule has 1 amide bonds. The van der Waals surface area contributed by atoms with Crippen LogP contribution in [0.15, 0.2) is 24.3 Å². The molecule has 1 unspecified atom stereocenters. The molecule has 0 saturated carbocycles. The van der Waals surface area contributed by atoms with Crippen molar-refractivity contribution in [3.63, 3.8) is 0 Å². The van der Waals surface area contributed by atoms with Crippen LogP contribution in [0.2, 0.25) is 0 Å². The van der Waals surface area contributed by atoms with E-state index in [0.717, 1.165) is 0 Å². The van der Waals surface area contributed by atoms with Gasteiger partial charge in [0.05, 0.1) is 13.5 Å². The van der Waals surface area contributed by atoms with Crippen LogP contribution < -0.4 is 10.5 Å². The summed E-state index contributed by atoms with van der Waals surface area (Å²) in [5, 5.41) is -0.955. The highest BCUT2D eigenvalue weighted by Crippen LogP contribution is 2.12. The van der Waals surface area contributed by atoms with Crippen LogP contribution in [0.1, 0.15) is 5.56 Å². The van der Waals surface area contributed by atoms with Gasteiger partial charge in [0.25, 0.3) is 0 Å². The maximum atomic E-state index is 11.1. The smallest absolute Gasteiger partial charge is 0.327 e. The second kappa shape index (κ2) is 6.00. The molecule has 0 heterocycles. The fraction of sp³-hybridized carbons (Fsp3) is 0.200. The number of ether oxygens (including phenoxy) is 1. The summed E-state index contributed by atoms with van der Waals surface area (Å²) < 4.78 is 18.1. The molecule has 0 bridgehead atoms. The summed E-state index contributed by atoms with van der Waals surface area (Å²) in [6, 6.07) is 6.59. The van der Waals surface area contributed by atoms with Gasteiger partial charge in [-0.05, 0) is 17.7 Å². The number of anilines is 1. The lowest BCUT2D eigenvalue weighted by Gasteiger charge is -2.05. The number of carbonyl (C=O) groups excluding carboxylic acids is 2. The third-order valence-corrected chi connectivity index (χ3v) is 2.68. The fourth-order valence-corrected chi connectivity index (χ4v) is 1.58. The number of rotatable bonds is 4. The van der Waals surface area contributed by atoms with E-state index in [1.165, 1.54) is 7.11 Å². The maximum Gasteiger partial charge on any atom is 0.327 e. The van der Waals surface area contributed by atoms with Gasteiger partial charge in [0, 0.05) is 5.69 Å². The minimum atomic E-state index is -1.97. The number of benzene rings is 1. The highest BCUT2D eigenvalue weighted by atomic mass is 32.2. The van der Waals surface area contributed by atoms with Gasteiger partial charge in [-0.1, -0.05) is 12.1 Å². The molecule has 92 valence electrons. The van der Waals surface area contributed by atoms with Crippen LogP contribution >= 0.6 is 0 Å². The van der Waals surface area contributed by atoms with Gasteiger partial charge in [-0.25, -0.2) is 4.21 Å². The van der Waals surface area contributed by atoms with Crippen molar-refractivity contribution >= 4 is 27.9 Å². The summed E-state index contributed by atoms with van der Waals surface area (Å²) in [6.45, 7) is 0. The monoisotopic (exact) mass is 256 g/mol. The molecule has 0 aliphatic heterocycles. The van der Waals surface area contributed by atoms with E-state index in [1.807, 2.05) is 0 Å². The maximum absolute atomic E-state index is 11.1. The number of primary amides is 1. The number of hydrogen-bond donors (Lipinski definition) is 2. The van der Waals surface area contributed by atoms with Crippen molar-refractivity contribution in [3.05, 3.63) is 29.8 Å². The number of esters is 1. The first-order valence-corrected chi connectivity index (χ1v) is 5.81. The standard InChI is InChI=1S/C10H12N2O4S/c1-16-9(13)6-7-3-2-4-8(5-7)12-17(15)10(11)14/h2-5,12H,6H2,1H3,(H2,11,14). The Kier molecular flexibility index (Phi) is 4.65. The Bertz CT molecular complexity index is 461. The molecule has 7 heteroatoms. The van der Waals surface area contributed by atoms with Gasteiger partial charge in [0.15, 0.2) is 0 Å². The number of nitrogens with one attached hydrogen (secondary N) is 1. The first kappa shape index (κ1) is 13.2. The molecule has 0 saturated heterocycles. The van der Waals surface area contributed by atoms with Crippen molar-refractivity contribution in [2.75, 3.05) is 11.8 Å². The molecular weight excluding hydrogens is 244 g/mol. The largest absolute Gasteiger partial charge is 0.469 e. The summed E-state index contributed by atoms with van der Waals surface area (Å²) >= 11 is 0. The predicted octanol–water partition coefficient (Wildman–Crippen LogP) is 0.556. The lowest BCUT2D eigenvalue weighted by molar-refractivity contribution is -0.139. The minimum absolute atomic E-state index is 0.106. The van der Waals surface area contributed by atoms with Crippen LogP contribution in [-0.4, -0.2) is 22.5 Å². The van der Waals surface area contributed by atoms with Crippen molar-refractivity contribution in [2.24, 2.45) is 5.73 Å². The number of amides is 1. The molecule has 6 nitrogen and oxygen atoms in total. The molecule has 17 heavy (non-hydrogen) atoms. The van der Waals surface area contributed by atoms with E-state index >= 15 is 0 Å². The van der Waals surface area contributed by atoms with E-state index in [-0.39, 0.29) is 12.4 Å². The first-order chi connectivity index (χ1) is 8.02. The third-order valence-electron chi connectivity index (χ3n) is 1.90. The van der Waals surface area contributed by atoms with E-state index in [9.17, 15) is 13.8 Å². The van der Waals surface area contributed by atoms with E-state index in [0.29, 0.717) is 11.3 Å². The molecule has 0 fully saturated rings. The van der Waals surface area contributed by atoms with Gasteiger partial charge in [0.2, 0.25) is 11.0 Å². The Hall–Kier alpha value is -1.89. The first-order valence-electron chi connectivity index (χ1n) is 4.66. The predicted molar refractivity (Wildman–Crippen MR) is 63.5 cm³/mol. The van der Waals surface area contributed by atoms with Crippen LogP contribution in [0.25, 0.3) is 0 Å². The number of nitrogens with two attached hydrogens (primary N) is 1. The topological polar surface area (TPSA) is 98.5 Å². The van der Waals surface area contributed by atoms with Gasteiger partial charge >= 0.3 is 11.2 Å². The summed E-state index contributed by atoms with van der Waals surface area (Å²) in [5.74, 6) is -0.377. The van der Waals surface area contributed by atoms with Crippen molar-refractivity contribution in [2.45, 2.75) is 6.42 Å². The molecule has 3 N–H and O–H groups in total. The second-order valence-electron chi connectivity index (χ2n) is 3.14. The van der Waals surface area contributed by atoms with Crippen molar-refractivity contribution in [3.8, 4) is 0 Å². The molecule has 1 aromatic carbocycles. The molecule has 0 radical (unpaired) electrons. The molecule has 1 aromatic rings. The molecule has 0 aromatic heterocycles. The van der Waals surface area contributed by atoms with E-state index in [1.54, 1.807) is 24.3 Å². The van der Waals surface area contributed by atoms with E-state index in [2.05, 4.69) is 9.46 Å². The zero-order valence-corrected chi connectivity index (χ0v) is 9.95. The fourth-order valence-electron chi connectivity index (χ4n) is 1.14.